The molecular weight excluding hydrogens is 210 g/mol. The molecule has 0 radical (unpaired) electrons. The fraction of sp³-hybridized carbons (Fsp3) is 1.00. The van der Waals surface area contributed by atoms with Crippen LogP contribution in [0.1, 0.15) is 32.6 Å². The van der Waals surface area contributed by atoms with Crippen LogP contribution in [0.25, 0.3) is 0 Å². The quantitative estimate of drug-likeness (QED) is 0.782. The zero-order valence-corrected chi connectivity index (χ0v) is 11.8. The second-order valence-electron chi connectivity index (χ2n) is 6.01. The van der Waals surface area contributed by atoms with Gasteiger partial charge in [-0.25, -0.2) is 0 Å². The maximum atomic E-state index is 3.73. The maximum Gasteiger partial charge on any atom is 0.0374 e. The van der Waals surface area contributed by atoms with E-state index in [4.69, 9.17) is 0 Å². The molecular formula is C14H29N3. The minimum atomic E-state index is 0.693. The Kier molecular flexibility index (Phi) is 4.83. The molecule has 3 heteroatoms. The van der Waals surface area contributed by atoms with Crippen molar-refractivity contribution in [3.05, 3.63) is 0 Å². The van der Waals surface area contributed by atoms with Gasteiger partial charge in [-0.1, -0.05) is 26.2 Å². The molecule has 2 unspecified atom stereocenters. The van der Waals surface area contributed by atoms with E-state index in [-0.39, 0.29) is 0 Å². The van der Waals surface area contributed by atoms with Crippen molar-refractivity contribution in [1.29, 1.82) is 0 Å². The Balaban J connectivity index is 1.91. The summed E-state index contributed by atoms with van der Waals surface area (Å²) in [4.78, 5) is 5.04. The van der Waals surface area contributed by atoms with Crippen LogP contribution in [0.2, 0.25) is 0 Å². The summed E-state index contributed by atoms with van der Waals surface area (Å²) >= 11 is 0. The molecule has 0 amide bonds. The van der Waals surface area contributed by atoms with Crippen molar-refractivity contribution in [2.24, 2.45) is 5.92 Å². The van der Waals surface area contributed by atoms with Gasteiger partial charge in [0.2, 0.25) is 0 Å². The lowest BCUT2D eigenvalue weighted by Gasteiger charge is -2.44. The van der Waals surface area contributed by atoms with Crippen molar-refractivity contribution >= 4 is 0 Å². The Hall–Kier alpha value is -0.120. The van der Waals surface area contributed by atoms with Crippen LogP contribution in [-0.4, -0.2) is 62.2 Å². The molecule has 2 fully saturated rings. The molecule has 2 atom stereocenters. The lowest BCUT2D eigenvalue weighted by molar-refractivity contribution is 0.0750. The van der Waals surface area contributed by atoms with Crippen molar-refractivity contribution in [2.45, 2.75) is 44.7 Å². The summed E-state index contributed by atoms with van der Waals surface area (Å²) in [5.74, 6) is 1.000. The molecule has 1 heterocycles. The summed E-state index contributed by atoms with van der Waals surface area (Å²) < 4.78 is 0. The van der Waals surface area contributed by atoms with E-state index in [1.54, 1.807) is 0 Å². The SMILES string of the molecule is CCNC(CC1CCC1)C1CN(C)CCN1C. The summed E-state index contributed by atoms with van der Waals surface area (Å²) in [6.07, 6.45) is 5.78. The highest BCUT2D eigenvalue weighted by molar-refractivity contribution is 4.91. The topological polar surface area (TPSA) is 18.5 Å². The molecule has 0 spiro atoms. The summed E-state index contributed by atoms with van der Waals surface area (Å²) in [6, 6.07) is 1.40. The van der Waals surface area contributed by atoms with Crippen LogP contribution < -0.4 is 5.32 Å². The molecule has 100 valence electrons. The second kappa shape index (κ2) is 6.17. The first-order valence-corrected chi connectivity index (χ1v) is 7.33. The first-order chi connectivity index (χ1) is 8.20. The molecule has 1 aliphatic heterocycles. The number of hydrogen-bond acceptors (Lipinski definition) is 3. The first-order valence-electron chi connectivity index (χ1n) is 7.33. The zero-order valence-electron chi connectivity index (χ0n) is 11.8. The predicted molar refractivity (Wildman–Crippen MR) is 73.3 cm³/mol. The summed E-state index contributed by atoms with van der Waals surface area (Å²) in [7, 11) is 4.55. The third-order valence-electron chi connectivity index (χ3n) is 4.64. The van der Waals surface area contributed by atoms with Crippen LogP contribution in [0.3, 0.4) is 0 Å². The minimum Gasteiger partial charge on any atom is -0.313 e. The van der Waals surface area contributed by atoms with Gasteiger partial charge < -0.3 is 10.2 Å². The Morgan fingerprint density at radius 2 is 2.00 bits per heavy atom. The number of rotatable bonds is 5. The Labute approximate surface area is 107 Å². The van der Waals surface area contributed by atoms with Gasteiger partial charge in [0.25, 0.3) is 0 Å². The molecule has 0 aromatic heterocycles. The van der Waals surface area contributed by atoms with Crippen LogP contribution >= 0.6 is 0 Å². The highest BCUT2D eigenvalue weighted by Crippen LogP contribution is 2.31. The second-order valence-corrected chi connectivity index (χ2v) is 6.01. The third kappa shape index (κ3) is 3.43. The van der Waals surface area contributed by atoms with Crippen LogP contribution in [0.15, 0.2) is 0 Å². The Morgan fingerprint density at radius 3 is 2.59 bits per heavy atom. The lowest BCUT2D eigenvalue weighted by Crippen LogP contribution is -2.59. The smallest absolute Gasteiger partial charge is 0.0374 e. The summed E-state index contributed by atoms with van der Waals surface area (Å²) in [5, 5.41) is 3.73. The lowest BCUT2D eigenvalue weighted by atomic mass is 9.79. The molecule has 0 aromatic rings. The van der Waals surface area contributed by atoms with Crippen molar-refractivity contribution < 1.29 is 0 Å². The van der Waals surface area contributed by atoms with Crippen LogP contribution in [0, 0.1) is 5.92 Å². The van der Waals surface area contributed by atoms with Crippen LogP contribution in [0.4, 0.5) is 0 Å². The monoisotopic (exact) mass is 239 g/mol. The van der Waals surface area contributed by atoms with E-state index in [0.717, 1.165) is 12.5 Å². The molecule has 0 aromatic carbocycles. The Bertz CT molecular complexity index is 228. The Morgan fingerprint density at radius 1 is 1.24 bits per heavy atom. The fourth-order valence-electron chi connectivity index (χ4n) is 3.20. The highest BCUT2D eigenvalue weighted by Gasteiger charge is 2.32. The van der Waals surface area contributed by atoms with Crippen molar-refractivity contribution in [1.82, 2.24) is 15.1 Å². The van der Waals surface area contributed by atoms with E-state index in [2.05, 4.69) is 36.1 Å². The number of likely N-dealkylation sites (N-methyl/N-ethyl adjacent to an activating group) is 3. The van der Waals surface area contributed by atoms with E-state index in [1.807, 2.05) is 0 Å². The highest BCUT2D eigenvalue weighted by atomic mass is 15.3. The zero-order chi connectivity index (χ0) is 12.3. The van der Waals surface area contributed by atoms with Gasteiger partial charge in [-0.15, -0.1) is 0 Å². The van der Waals surface area contributed by atoms with Crippen molar-refractivity contribution in [3.63, 3.8) is 0 Å². The van der Waals surface area contributed by atoms with Gasteiger partial charge in [0, 0.05) is 31.7 Å². The summed E-state index contributed by atoms with van der Waals surface area (Å²) in [6.45, 7) is 7.00. The van der Waals surface area contributed by atoms with Crippen molar-refractivity contribution in [2.75, 3.05) is 40.3 Å². The van der Waals surface area contributed by atoms with Crippen LogP contribution in [0.5, 0.6) is 0 Å². The third-order valence-corrected chi connectivity index (χ3v) is 4.64. The predicted octanol–water partition coefficient (Wildman–Crippen LogP) is 1.40. The van der Waals surface area contributed by atoms with Gasteiger partial charge in [-0.3, -0.25) is 4.90 Å². The van der Waals surface area contributed by atoms with E-state index in [9.17, 15) is 0 Å². The van der Waals surface area contributed by atoms with Crippen LogP contribution in [-0.2, 0) is 0 Å². The average Bonchev–Trinajstić information content (AvgIpc) is 2.25. The minimum absolute atomic E-state index is 0.693. The van der Waals surface area contributed by atoms with Crippen molar-refractivity contribution in [3.8, 4) is 0 Å². The van der Waals surface area contributed by atoms with E-state index in [1.165, 1.54) is 45.3 Å². The van der Waals surface area contributed by atoms with Gasteiger partial charge in [-0.2, -0.15) is 0 Å². The molecule has 3 nitrogen and oxygen atoms in total. The van der Waals surface area contributed by atoms with E-state index < -0.39 is 0 Å². The molecule has 1 saturated carbocycles. The molecule has 1 saturated heterocycles. The number of hydrogen-bond donors (Lipinski definition) is 1. The molecule has 2 rings (SSSR count). The standard InChI is InChI=1S/C14H29N3/c1-4-15-13(10-12-6-5-7-12)14-11-16(2)8-9-17(14)3/h12-15H,4-11H2,1-3H3. The number of piperazine rings is 1. The normalized spacial score (nSPS) is 30.2. The number of nitrogens with zero attached hydrogens (tertiary/aromatic N) is 2. The molecule has 1 aliphatic carbocycles. The van der Waals surface area contributed by atoms with E-state index in [0.29, 0.717) is 12.1 Å². The average molecular weight is 239 g/mol. The molecule has 0 bridgehead atoms. The molecule has 2 aliphatic rings. The molecule has 1 N–H and O–H groups in total. The van der Waals surface area contributed by atoms with E-state index >= 15 is 0 Å². The largest absolute Gasteiger partial charge is 0.313 e. The van der Waals surface area contributed by atoms with Gasteiger partial charge >= 0.3 is 0 Å². The summed E-state index contributed by atoms with van der Waals surface area (Å²) in [5.41, 5.74) is 0. The van der Waals surface area contributed by atoms with Gasteiger partial charge in [0.15, 0.2) is 0 Å². The van der Waals surface area contributed by atoms with Gasteiger partial charge in [0.05, 0.1) is 0 Å². The van der Waals surface area contributed by atoms with Gasteiger partial charge in [0.1, 0.15) is 0 Å². The first kappa shape index (κ1) is 13.3. The maximum absolute atomic E-state index is 3.73. The van der Waals surface area contributed by atoms with Gasteiger partial charge in [-0.05, 0) is 33.0 Å². The molecule has 17 heavy (non-hydrogen) atoms. The fourth-order valence-corrected chi connectivity index (χ4v) is 3.20. The number of nitrogens with one attached hydrogen (secondary N) is 1.